The number of aromatic nitrogens is 1. The van der Waals surface area contributed by atoms with Crippen molar-refractivity contribution in [3.05, 3.63) is 30.1 Å². The second-order valence-electron chi connectivity index (χ2n) is 4.45. The third kappa shape index (κ3) is 6.85. The summed E-state index contributed by atoms with van der Waals surface area (Å²) in [6, 6.07) is 4.04. The number of carbonyl (C=O) groups excluding carboxylic acids is 1. The van der Waals surface area contributed by atoms with Crippen LogP contribution in [-0.2, 0) is 6.54 Å². The Morgan fingerprint density at radius 3 is 2.89 bits per heavy atom. The predicted octanol–water partition coefficient (Wildman–Crippen LogP) is 1.27. The molecule has 0 saturated heterocycles. The maximum absolute atomic E-state index is 11.3. The fourth-order valence-electron chi connectivity index (χ4n) is 1.46. The van der Waals surface area contributed by atoms with E-state index in [0.29, 0.717) is 6.54 Å². The van der Waals surface area contributed by atoms with Gasteiger partial charge in [-0.2, -0.15) is 0 Å². The first-order valence-electron chi connectivity index (χ1n) is 6.32. The summed E-state index contributed by atoms with van der Waals surface area (Å²) in [7, 11) is 0. The molecule has 0 aromatic carbocycles. The van der Waals surface area contributed by atoms with Crippen LogP contribution < -0.4 is 16.0 Å². The lowest BCUT2D eigenvalue weighted by Gasteiger charge is -2.10. The number of hydrogen-bond donors (Lipinski definition) is 3. The molecule has 2 amide bonds. The Bertz CT molecular complexity index is 340. The molecule has 1 rings (SSSR count). The molecule has 1 aromatic rings. The van der Waals surface area contributed by atoms with Gasteiger partial charge in [-0.15, -0.1) is 0 Å². The normalized spacial score (nSPS) is 10.4. The van der Waals surface area contributed by atoms with Gasteiger partial charge >= 0.3 is 6.03 Å². The van der Waals surface area contributed by atoms with Crippen LogP contribution in [0.3, 0.4) is 0 Å². The Balaban J connectivity index is 1.98. The summed E-state index contributed by atoms with van der Waals surface area (Å²) in [4.78, 5) is 15.3. The lowest BCUT2D eigenvalue weighted by Crippen LogP contribution is -2.40. The van der Waals surface area contributed by atoms with Crippen molar-refractivity contribution in [3.8, 4) is 0 Å². The molecule has 100 valence electrons. The molecule has 1 aromatic heterocycles. The first-order valence-corrected chi connectivity index (χ1v) is 6.32. The molecule has 0 aliphatic heterocycles. The summed E-state index contributed by atoms with van der Waals surface area (Å²) in [5, 5.41) is 8.90. The highest BCUT2D eigenvalue weighted by atomic mass is 16.2. The third-order valence-corrected chi connectivity index (χ3v) is 2.29. The monoisotopic (exact) mass is 250 g/mol. The molecule has 0 atom stereocenters. The Morgan fingerprint density at radius 1 is 1.39 bits per heavy atom. The van der Waals surface area contributed by atoms with Gasteiger partial charge in [0.15, 0.2) is 0 Å². The number of rotatable bonds is 7. The minimum atomic E-state index is -0.0998. The van der Waals surface area contributed by atoms with Gasteiger partial charge in [-0.3, -0.25) is 4.98 Å². The van der Waals surface area contributed by atoms with E-state index >= 15 is 0 Å². The number of nitrogens with one attached hydrogen (secondary N) is 3. The number of urea groups is 1. The highest BCUT2D eigenvalue weighted by Gasteiger charge is 2.00. The summed E-state index contributed by atoms with van der Waals surface area (Å²) in [5.74, 6) is 0. The zero-order valence-corrected chi connectivity index (χ0v) is 11.1. The van der Waals surface area contributed by atoms with Crippen LogP contribution in [0.2, 0.25) is 0 Å². The quantitative estimate of drug-likeness (QED) is 0.638. The van der Waals surface area contributed by atoms with E-state index in [1.54, 1.807) is 6.20 Å². The Labute approximate surface area is 108 Å². The van der Waals surface area contributed by atoms with E-state index in [0.717, 1.165) is 19.5 Å². The molecule has 0 bridgehead atoms. The van der Waals surface area contributed by atoms with E-state index in [4.69, 9.17) is 0 Å². The lowest BCUT2D eigenvalue weighted by molar-refractivity contribution is 0.238. The summed E-state index contributed by atoms with van der Waals surface area (Å²) in [6.07, 6.45) is 4.52. The molecule has 0 aliphatic rings. The number of carbonyl (C=O) groups is 1. The number of hydrogen-bond acceptors (Lipinski definition) is 3. The van der Waals surface area contributed by atoms with E-state index in [-0.39, 0.29) is 12.1 Å². The molecule has 0 fully saturated rings. The van der Waals surface area contributed by atoms with Crippen LogP contribution in [0, 0.1) is 0 Å². The fraction of sp³-hybridized carbons (Fsp3) is 0.538. The number of amides is 2. The SMILES string of the molecule is CC(C)NC(=O)NCCCNCc1cccnc1. The van der Waals surface area contributed by atoms with Gasteiger partial charge in [0.1, 0.15) is 0 Å². The van der Waals surface area contributed by atoms with Crippen molar-refractivity contribution in [2.24, 2.45) is 0 Å². The Hall–Kier alpha value is -1.62. The molecule has 0 aliphatic carbocycles. The second-order valence-corrected chi connectivity index (χ2v) is 4.45. The fourth-order valence-corrected chi connectivity index (χ4v) is 1.46. The highest BCUT2D eigenvalue weighted by molar-refractivity contribution is 5.73. The molecule has 0 radical (unpaired) electrons. The van der Waals surface area contributed by atoms with Crippen molar-refractivity contribution < 1.29 is 4.79 Å². The van der Waals surface area contributed by atoms with Gasteiger partial charge in [-0.05, 0) is 38.4 Å². The van der Waals surface area contributed by atoms with Gasteiger partial charge in [0, 0.05) is 31.5 Å². The molecule has 5 nitrogen and oxygen atoms in total. The Kier molecular flexibility index (Phi) is 6.79. The highest BCUT2D eigenvalue weighted by Crippen LogP contribution is 1.93. The Morgan fingerprint density at radius 2 is 2.22 bits per heavy atom. The van der Waals surface area contributed by atoms with Crippen LogP contribution in [0.25, 0.3) is 0 Å². The predicted molar refractivity (Wildman–Crippen MR) is 72.2 cm³/mol. The maximum Gasteiger partial charge on any atom is 0.314 e. The van der Waals surface area contributed by atoms with E-state index in [1.807, 2.05) is 32.2 Å². The maximum atomic E-state index is 11.3. The van der Waals surface area contributed by atoms with Crippen molar-refractivity contribution in [1.29, 1.82) is 0 Å². The van der Waals surface area contributed by atoms with Gasteiger partial charge in [0.05, 0.1) is 0 Å². The molecular weight excluding hydrogens is 228 g/mol. The van der Waals surface area contributed by atoms with E-state index in [9.17, 15) is 4.79 Å². The van der Waals surface area contributed by atoms with Crippen LogP contribution in [0.15, 0.2) is 24.5 Å². The van der Waals surface area contributed by atoms with Crippen molar-refractivity contribution >= 4 is 6.03 Å². The summed E-state index contributed by atoms with van der Waals surface area (Å²) >= 11 is 0. The molecule has 0 spiro atoms. The summed E-state index contributed by atoms with van der Waals surface area (Å²) < 4.78 is 0. The first kappa shape index (κ1) is 14.4. The van der Waals surface area contributed by atoms with E-state index in [2.05, 4.69) is 20.9 Å². The zero-order chi connectivity index (χ0) is 13.2. The number of pyridine rings is 1. The van der Waals surface area contributed by atoms with Crippen LogP contribution >= 0.6 is 0 Å². The summed E-state index contributed by atoms with van der Waals surface area (Å²) in [5.41, 5.74) is 1.17. The van der Waals surface area contributed by atoms with Crippen LogP contribution in [0.5, 0.6) is 0 Å². The van der Waals surface area contributed by atoms with E-state index in [1.165, 1.54) is 5.56 Å². The van der Waals surface area contributed by atoms with Gasteiger partial charge in [0.2, 0.25) is 0 Å². The van der Waals surface area contributed by atoms with Crippen molar-refractivity contribution in [2.45, 2.75) is 32.9 Å². The van der Waals surface area contributed by atoms with Crippen molar-refractivity contribution in [3.63, 3.8) is 0 Å². The van der Waals surface area contributed by atoms with Gasteiger partial charge in [-0.25, -0.2) is 4.79 Å². The van der Waals surface area contributed by atoms with Crippen molar-refractivity contribution in [1.82, 2.24) is 20.9 Å². The molecule has 18 heavy (non-hydrogen) atoms. The van der Waals surface area contributed by atoms with Crippen molar-refractivity contribution in [2.75, 3.05) is 13.1 Å². The standard InChI is InChI=1S/C13H22N4O/c1-11(2)17-13(18)16-8-4-7-15-10-12-5-3-6-14-9-12/h3,5-6,9,11,15H,4,7-8,10H2,1-2H3,(H2,16,17,18). The molecule has 3 N–H and O–H groups in total. The average molecular weight is 250 g/mol. The molecule has 1 heterocycles. The lowest BCUT2D eigenvalue weighted by atomic mass is 10.3. The largest absolute Gasteiger partial charge is 0.338 e. The minimum absolute atomic E-state index is 0.0998. The number of nitrogens with zero attached hydrogens (tertiary/aromatic N) is 1. The van der Waals surface area contributed by atoms with Crippen LogP contribution in [-0.4, -0.2) is 30.1 Å². The topological polar surface area (TPSA) is 66.1 Å². The molecule has 0 unspecified atom stereocenters. The minimum Gasteiger partial charge on any atom is -0.338 e. The van der Waals surface area contributed by atoms with Gasteiger partial charge in [0.25, 0.3) is 0 Å². The average Bonchev–Trinajstić information content (AvgIpc) is 2.34. The zero-order valence-electron chi connectivity index (χ0n) is 11.1. The second kappa shape index (κ2) is 8.47. The van der Waals surface area contributed by atoms with E-state index < -0.39 is 0 Å². The van der Waals surface area contributed by atoms with Gasteiger partial charge < -0.3 is 16.0 Å². The molecular formula is C13H22N4O. The third-order valence-electron chi connectivity index (χ3n) is 2.29. The first-order chi connectivity index (χ1) is 8.68. The smallest absolute Gasteiger partial charge is 0.314 e. The van der Waals surface area contributed by atoms with Gasteiger partial charge in [-0.1, -0.05) is 6.07 Å². The molecule has 5 heteroatoms. The molecule has 0 saturated carbocycles. The van der Waals surface area contributed by atoms with Crippen LogP contribution in [0.1, 0.15) is 25.8 Å². The summed E-state index contributed by atoms with van der Waals surface area (Å²) in [6.45, 7) is 6.24. The van der Waals surface area contributed by atoms with Crippen LogP contribution in [0.4, 0.5) is 4.79 Å².